The quantitative estimate of drug-likeness (QED) is 0.441. The van der Waals surface area contributed by atoms with Gasteiger partial charge in [-0.15, -0.1) is 0 Å². The van der Waals surface area contributed by atoms with Crippen LogP contribution < -0.4 is 19.3 Å². The van der Waals surface area contributed by atoms with Crippen molar-refractivity contribution in [2.45, 2.75) is 26.5 Å². The smallest absolute Gasteiger partial charge is 0.326 e. The highest BCUT2D eigenvalue weighted by molar-refractivity contribution is 5.71. The molecule has 2 rings (SSSR count). The highest BCUT2D eigenvalue weighted by Gasteiger charge is 2.23. The molecule has 0 aliphatic carbocycles. The van der Waals surface area contributed by atoms with Gasteiger partial charge in [0.15, 0.2) is 18.0 Å². The van der Waals surface area contributed by atoms with E-state index in [-0.39, 0.29) is 12.5 Å². The number of aliphatic hydroxyl groups excluding tert-OH is 1. The third kappa shape index (κ3) is 3.98. The monoisotopic (exact) mass is 321 g/mol. The Morgan fingerprint density at radius 2 is 2.09 bits per heavy atom. The number of aliphatic hydroxyl groups is 1. The fourth-order valence-electron chi connectivity index (χ4n) is 2.12. The predicted octanol–water partition coefficient (Wildman–Crippen LogP) is 0.125. The molecule has 1 heterocycles. The van der Waals surface area contributed by atoms with Gasteiger partial charge in [-0.2, -0.15) is 0 Å². The van der Waals surface area contributed by atoms with Crippen LogP contribution in [0.1, 0.15) is 18.2 Å². The summed E-state index contributed by atoms with van der Waals surface area (Å²) in [7, 11) is 3.16. The van der Waals surface area contributed by atoms with E-state index in [0.29, 0.717) is 30.2 Å². The number of methoxy groups -OCH3 is 2. The molecule has 0 aliphatic rings. The Hall–Kier alpha value is -2.61. The van der Waals surface area contributed by atoms with Gasteiger partial charge < -0.3 is 19.7 Å². The summed E-state index contributed by atoms with van der Waals surface area (Å²) < 4.78 is 16.9. The first-order valence-electron chi connectivity index (χ1n) is 7.01. The van der Waals surface area contributed by atoms with E-state index in [9.17, 15) is 10.2 Å². The van der Waals surface area contributed by atoms with Gasteiger partial charge in [-0.25, -0.2) is 4.99 Å². The molecule has 8 heteroatoms. The number of hydrogen-bond donors (Lipinski definition) is 1. The molecule has 0 fully saturated rings. The average Bonchev–Trinajstić information content (AvgIpc) is 2.93. The van der Waals surface area contributed by atoms with Crippen molar-refractivity contribution in [1.29, 1.82) is 0 Å². The third-order valence-electron chi connectivity index (χ3n) is 3.25. The number of rotatable bonds is 7. The number of hydrogen-bond acceptors (Lipinski definition) is 7. The summed E-state index contributed by atoms with van der Waals surface area (Å²) in [5, 5.41) is 24.3. The Balaban J connectivity index is 2.15. The van der Waals surface area contributed by atoms with E-state index in [0.717, 1.165) is 5.56 Å². The average molecular weight is 321 g/mol. The molecule has 0 aliphatic heterocycles. The minimum Gasteiger partial charge on any atom is -0.862 e. The van der Waals surface area contributed by atoms with Crippen molar-refractivity contribution in [2.24, 2.45) is 4.99 Å². The van der Waals surface area contributed by atoms with E-state index in [2.05, 4.69) is 10.3 Å². The lowest BCUT2D eigenvalue weighted by Gasteiger charge is -2.08. The minimum absolute atomic E-state index is 0.0345. The number of aryl methyl sites for hydroxylation is 2. The standard InChI is InChI=1S/C15H19N3O5/c1-10(20)16-15-12(9-19)18(17-23-15)7-6-11-4-5-13(21-2)14(8-11)22-3/h4-5,8,19H,6-7,9H2,1-3H3. The molecule has 1 aromatic heterocycles. The maximum atomic E-state index is 11.0. The molecule has 0 saturated heterocycles. The van der Waals surface area contributed by atoms with E-state index in [1.54, 1.807) is 14.2 Å². The summed E-state index contributed by atoms with van der Waals surface area (Å²) in [6, 6.07) is 5.62. The number of aliphatic imine (C=N–C) groups is 1. The van der Waals surface area contributed by atoms with Crippen molar-refractivity contribution in [3.05, 3.63) is 29.5 Å². The summed E-state index contributed by atoms with van der Waals surface area (Å²) in [5.74, 6) is 0.920. The Labute approximate surface area is 133 Å². The lowest BCUT2D eigenvalue weighted by Crippen LogP contribution is -2.40. The lowest BCUT2D eigenvalue weighted by molar-refractivity contribution is -0.769. The number of ether oxygens (including phenoxy) is 2. The van der Waals surface area contributed by atoms with E-state index in [4.69, 9.17) is 14.0 Å². The van der Waals surface area contributed by atoms with Gasteiger partial charge in [0.1, 0.15) is 6.61 Å². The summed E-state index contributed by atoms with van der Waals surface area (Å²) in [5.41, 5.74) is 1.37. The van der Waals surface area contributed by atoms with Crippen LogP contribution in [-0.2, 0) is 19.6 Å². The third-order valence-corrected chi connectivity index (χ3v) is 3.25. The molecule has 23 heavy (non-hydrogen) atoms. The molecule has 0 spiro atoms. The first-order valence-corrected chi connectivity index (χ1v) is 7.01. The maximum absolute atomic E-state index is 11.0. The van der Waals surface area contributed by atoms with Crippen LogP contribution in [0.3, 0.4) is 0 Å². The van der Waals surface area contributed by atoms with Gasteiger partial charge >= 0.3 is 11.6 Å². The van der Waals surface area contributed by atoms with Gasteiger partial charge in [0.2, 0.25) is 5.27 Å². The largest absolute Gasteiger partial charge is 0.862 e. The molecule has 1 N–H and O–H groups in total. The zero-order chi connectivity index (χ0) is 16.8. The minimum atomic E-state index is -0.414. The fourth-order valence-corrected chi connectivity index (χ4v) is 2.12. The zero-order valence-corrected chi connectivity index (χ0v) is 13.3. The molecule has 0 unspecified atom stereocenters. The Bertz CT molecular complexity index is 692. The van der Waals surface area contributed by atoms with Crippen molar-refractivity contribution in [2.75, 3.05) is 14.2 Å². The molecule has 0 bridgehead atoms. The number of aromatic nitrogens is 2. The molecule has 0 radical (unpaired) electrons. The van der Waals surface area contributed by atoms with Gasteiger partial charge in [-0.05, 0) is 35.2 Å². The van der Waals surface area contributed by atoms with Crippen LogP contribution in [-0.4, -0.2) is 30.5 Å². The van der Waals surface area contributed by atoms with Gasteiger partial charge in [0.05, 0.1) is 14.2 Å². The molecule has 0 atom stereocenters. The van der Waals surface area contributed by atoms with Gasteiger partial charge in [0.25, 0.3) is 0 Å². The molecule has 124 valence electrons. The molecular weight excluding hydrogens is 302 g/mol. The van der Waals surface area contributed by atoms with E-state index in [1.165, 1.54) is 11.6 Å². The van der Waals surface area contributed by atoms with Crippen LogP contribution in [0.25, 0.3) is 0 Å². The number of benzene rings is 1. The molecule has 0 amide bonds. The molecule has 8 nitrogen and oxygen atoms in total. The highest BCUT2D eigenvalue weighted by atomic mass is 16.5. The first kappa shape index (κ1) is 16.8. The van der Waals surface area contributed by atoms with Crippen LogP contribution in [0.4, 0.5) is 5.88 Å². The molecule has 1 aromatic carbocycles. The first-order chi connectivity index (χ1) is 11.1. The molecule has 0 saturated carbocycles. The van der Waals surface area contributed by atoms with Gasteiger partial charge in [0, 0.05) is 6.42 Å². The summed E-state index contributed by atoms with van der Waals surface area (Å²) in [4.78, 5) is 3.67. The molecule has 2 aromatic rings. The Kier molecular flexibility index (Phi) is 5.53. The van der Waals surface area contributed by atoms with Crippen molar-refractivity contribution < 1.29 is 28.9 Å². The van der Waals surface area contributed by atoms with E-state index < -0.39 is 5.90 Å². The predicted molar refractivity (Wildman–Crippen MR) is 78.6 cm³/mol. The molecular formula is C15H19N3O5. The summed E-state index contributed by atoms with van der Waals surface area (Å²) in [6.45, 7) is 1.45. The van der Waals surface area contributed by atoms with Crippen LogP contribution in [0.15, 0.2) is 27.7 Å². The summed E-state index contributed by atoms with van der Waals surface area (Å²) in [6.07, 6.45) is 0.629. The Morgan fingerprint density at radius 3 is 2.70 bits per heavy atom. The number of nitrogens with zero attached hydrogens (tertiary/aromatic N) is 3. The second-order valence-corrected chi connectivity index (χ2v) is 4.78. The van der Waals surface area contributed by atoms with Crippen LogP contribution in [0.2, 0.25) is 0 Å². The highest BCUT2D eigenvalue weighted by Crippen LogP contribution is 2.27. The van der Waals surface area contributed by atoms with E-state index in [1.807, 2.05) is 18.2 Å². The van der Waals surface area contributed by atoms with Crippen molar-refractivity contribution >= 4 is 11.8 Å². The van der Waals surface area contributed by atoms with Crippen LogP contribution in [0, 0.1) is 0 Å². The zero-order valence-electron chi connectivity index (χ0n) is 13.3. The van der Waals surface area contributed by atoms with Gasteiger partial charge in [-0.3, -0.25) is 4.52 Å². The van der Waals surface area contributed by atoms with Crippen LogP contribution >= 0.6 is 0 Å². The van der Waals surface area contributed by atoms with Crippen molar-refractivity contribution in [3.8, 4) is 11.5 Å². The summed E-state index contributed by atoms with van der Waals surface area (Å²) >= 11 is 0. The fraction of sp³-hybridized carbons (Fsp3) is 0.400. The van der Waals surface area contributed by atoms with E-state index >= 15 is 0 Å². The van der Waals surface area contributed by atoms with Gasteiger partial charge in [-0.1, -0.05) is 6.07 Å². The Morgan fingerprint density at radius 1 is 1.35 bits per heavy atom. The second-order valence-electron chi connectivity index (χ2n) is 4.78. The SMILES string of the molecule is COc1ccc(CC[n+]2noc(/N=C(/C)[O-])c2CO)cc1OC. The normalized spacial score (nSPS) is 11.6. The lowest BCUT2D eigenvalue weighted by atomic mass is 10.1. The topological polar surface area (TPSA) is 104 Å². The van der Waals surface area contributed by atoms with Crippen molar-refractivity contribution in [1.82, 2.24) is 5.27 Å². The van der Waals surface area contributed by atoms with Crippen LogP contribution in [0.5, 0.6) is 11.5 Å². The maximum Gasteiger partial charge on any atom is 0.326 e. The van der Waals surface area contributed by atoms with Crippen molar-refractivity contribution in [3.63, 3.8) is 0 Å². The second kappa shape index (κ2) is 7.59.